The number of anilines is 1. The molecule has 0 atom stereocenters. The van der Waals surface area contributed by atoms with Gasteiger partial charge in [0.25, 0.3) is 11.4 Å². The first-order chi connectivity index (χ1) is 19.4. The van der Waals surface area contributed by atoms with Crippen LogP contribution in [0.5, 0.6) is 0 Å². The van der Waals surface area contributed by atoms with Crippen molar-refractivity contribution < 1.29 is 18.1 Å². The molecule has 3 aromatic rings. The third-order valence-corrected chi connectivity index (χ3v) is 10.4. The Hall–Kier alpha value is -3.43. The van der Waals surface area contributed by atoms with Gasteiger partial charge in [-0.25, -0.2) is 13.9 Å². The van der Waals surface area contributed by atoms with Gasteiger partial charge < -0.3 is 9.42 Å². The van der Waals surface area contributed by atoms with Gasteiger partial charge in [0.2, 0.25) is 5.91 Å². The number of rotatable bonds is 8. The van der Waals surface area contributed by atoms with Gasteiger partial charge >= 0.3 is 0 Å². The van der Waals surface area contributed by atoms with Crippen LogP contribution >= 0.6 is 0 Å². The van der Waals surface area contributed by atoms with Crippen molar-refractivity contribution in [1.29, 1.82) is 0 Å². The lowest BCUT2D eigenvalue weighted by Gasteiger charge is -2.66. The van der Waals surface area contributed by atoms with E-state index >= 15 is 0 Å². The van der Waals surface area contributed by atoms with Gasteiger partial charge in [-0.2, -0.15) is 10.1 Å². The molecule has 1 amide bonds. The zero-order valence-corrected chi connectivity index (χ0v) is 23.5. The highest BCUT2D eigenvalue weighted by Gasteiger charge is 2.69. The second-order valence-corrected chi connectivity index (χ2v) is 13.9. The van der Waals surface area contributed by atoms with Crippen LogP contribution in [-0.4, -0.2) is 38.5 Å². The molecule has 1 N–H and O–H groups in total. The number of nitrogens with zero attached hydrogens (tertiary/aromatic N) is 4. The van der Waals surface area contributed by atoms with Crippen LogP contribution in [0.4, 0.5) is 14.5 Å². The Labute approximate surface area is 236 Å². The number of benzene rings is 1. The summed E-state index contributed by atoms with van der Waals surface area (Å²) in [5, 5.41) is 10.5. The van der Waals surface area contributed by atoms with Gasteiger partial charge in [-0.15, -0.1) is 0 Å². The molecule has 0 spiro atoms. The molecule has 6 aliphatic rings. The summed E-state index contributed by atoms with van der Waals surface area (Å²) in [5.41, 5.74) is -1.26. The van der Waals surface area contributed by atoms with Gasteiger partial charge in [0.1, 0.15) is 5.67 Å². The summed E-state index contributed by atoms with van der Waals surface area (Å²) in [7, 11) is 0. The summed E-state index contributed by atoms with van der Waals surface area (Å²) in [5.74, 6) is 0.639. The average molecular weight is 564 g/mol. The molecule has 0 aliphatic heterocycles. The minimum absolute atomic E-state index is 0.0141. The molecule has 41 heavy (non-hydrogen) atoms. The van der Waals surface area contributed by atoms with Crippen LogP contribution in [0.3, 0.4) is 0 Å². The van der Waals surface area contributed by atoms with E-state index in [2.05, 4.69) is 20.3 Å². The maximum Gasteiger partial charge on any atom is 0.264 e. The fraction of sp³-hybridized carbons (Fsp3) is 0.581. The molecule has 9 rings (SSSR count). The number of carbonyl (C=O) groups excluding carboxylic acids is 1. The van der Waals surface area contributed by atoms with Crippen molar-refractivity contribution in [3.63, 3.8) is 0 Å². The third kappa shape index (κ3) is 4.50. The van der Waals surface area contributed by atoms with Crippen LogP contribution < -0.4 is 10.5 Å². The van der Waals surface area contributed by atoms with Gasteiger partial charge in [0.05, 0.1) is 6.20 Å². The monoisotopic (exact) mass is 563 g/mol. The minimum Gasteiger partial charge on any atom is -0.336 e. The lowest BCUT2D eigenvalue weighted by molar-refractivity contribution is -0.215. The highest BCUT2D eigenvalue weighted by atomic mass is 19.1. The summed E-state index contributed by atoms with van der Waals surface area (Å²) in [4.78, 5) is 32.2. The van der Waals surface area contributed by atoms with Crippen molar-refractivity contribution in [3.8, 4) is 11.1 Å². The van der Waals surface area contributed by atoms with E-state index in [-0.39, 0.29) is 33.6 Å². The quantitative estimate of drug-likeness (QED) is 0.364. The van der Waals surface area contributed by atoms with Crippen LogP contribution in [0.15, 0.2) is 45.8 Å². The number of fused-ring (bicyclic) bond motifs is 3. The van der Waals surface area contributed by atoms with E-state index < -0.39 is 11.3 Å². The minimum atomic E-state index is -1.68. The number of hydrogen-bond donors (Lipinski definition) is 1. The molecule has 0 unspecified atom stereocenters. The topological polar surface area (TPSA) is 105 Å². The standard InChI is InChI=1S/C31H35F2N5O3/c1-27(2,32)26-35-25(37-41-26)30-9-6-28(7-10-30,8-11-30)19-38(24(40)14-29-16-31(33,17-29)18-29)22-5-3-4-20(12-22)21-13-23(39)36-34-15-21/h3-5,12-13,15H,6-11,14,16-19H2,1-2H3,(H,36,39). The SMILES string of the molecule is CC(C)(F)c1nc(C23CCC(CN(C(=O)CC45CC(F)(C4)C5)c4cccc(-c5cn[nH]c(=O)c5)c4)(CC2)CC3)no1. The molecule has 10 heteroatoms. The van der Waals surface area contributed by atoms with Gasteiger partial charge in [0, 0.05) is 35.7 Å². The zero-order valence-electron chi connectivity index (χ0n) is 23.5. The van der Waals surface area contributed by atoms with Crippen LogP contribution in [0, 0.1) is 10.8 Å². The van der Waals surface area contributed by atoms with Crippen molar-refractivity contribution in [1.82, 2.24) is 20.3 Å². The Balaban J connectivity index is 1.15. The second-order valence-electron chi connectivity index (χ2n) is 13.9. The number of nitrogens with one attached hydrogen (secondary N) is 1. The molecular weight excluding hydrogens is 528 g/mol. The fourth-order valence-electron chi connectivity index (χ4n) is 8.03. The summed E-state index contributed by atoms with van der Waals surface area (Å²) >= 11 is 0. The maximum atomic E-state index is 14.4. The van der Waals surface area contributed by atoms with Crippen LogP contribution in [-0.2, 0) is 15.9 Å². The smallest absolute Gasteiger partial charge is 0.264 e. The van der Waals surface area contributed by atoms with E-state index in [1.807, 2.05) is 29.2 Å². The normalized spacial score (nSPS) is 31.8. The number of aromatic nitrogens is 4. The highest BCUT2D eigenvalue weighted by molar-refractivity contribution is 5.95. The molecule has 0 radical (unpaired) electrons. The van der Waals surface area contributed by atoms with Gasteiger partial charge in [-0.1, -0.05) is 17.3 Å². The van der Waals surface area contributed by atoms with Gasteiger partial charge in [0.15, 0.2) is 11.5 Å². The molecular formula is C31H35F2N5O3. The fourth-order valence-corrected chi connectivity index (χ4v) is 8.03. The Kier molecular flexibility index (Phi) is 5.67. The number of amides is 1. The Morgan fingerprint density at radius 1 is 1.05 bits per heavy atom. The molecule has 216 valence electrons. The molecule has 4 bridgehead atoms. The van der Waals surface area contributed by atoms with Crippen LogP contribution in [0.1, 0.15) is 89.8 Å². The predicted octanol–water partition coefficient (Wildman–Crippen LogP) is 5.93. The number of hydrogen-bond acceptors (Lipinski definition) is 6. The largest absolute Gasteiger partial charge is 0.336 e. The van der Waals surface area contributed by atoms with Crippen molar-refractivity contribution in [3.05, 3.63) is 58.6 Å². The third-order valence-electron chi connectivity index (χ3n) is 10.4. The van der Waals surface area contributed by atoms with E-state index in [1.54, 1.807) is 6.20 Å². The van der Waals surface area contributed by atoms with Crippen molar-refractivity contribution in [2.45, 2.75) is 94.8 Å². The van der Waals surface area contributed by atoms with Crippen LogP contribution in [0.25, 0.3) is 11.1 Å². The molecule has 6 saturated carbocycles. The van der Waals surface area contributed by atoms with Gasteiger partial charge in [-0.05, 0) is 100 Å². The zero-order chi connectivity index (χ0) is 28.7. The lowest BCUT2D eigenvalue weighted by Crippen LogP contribution is -2.65. The number of aromatic amines is 1. The van der Waals surface area contributed by atoms with E-state index in [9.17, 15) is 18.4 Å². The highest BCUT2D eigenvalue weighted by Crippen LogP contribution is 2.71. The summed E-state index contributed by atoms with van der Waals surface area (Å²) in [6.07, 6.45) is 8.65. The molecule has 2 aromatic heterocycles. The number of carbonyl (C=O) groups is 1. The second kappa shape index (κ2) is 8.79. The molecule has 1 aromatic carbocycles. The van der Waals surface area contributed by atoms with E-state index in [0.717, 1.165) is 49.8 Å². The Morgan fingerprint density at radius 2 is 1.76 bits per heavy atom. The van der Waals surface area contributed by atoms with E-state index in [0.29, 0.717) is 43.6 Å². The molecule has 6 fully saturated rings. The first-order valence-corrected chi connectivity index (χ1v) is 14.6. The van der Waals surface area contributed by atoms with Gasteiger partial charge in [-0.3, -0.25) is 9.59 Å². The maximum absolute atomic E-state index is 14.4. The summed E-state index contributed by atoms with van der Waals surface area (Å²) in [6, 6.07) is 9.18. The van der Waals surface area contributed by atoms with Crippen molar-refractivity contribution in [2.75, 3.05) is 11.4 Å². The number of alkyl halides is 2. The lowest BCUT2D eigenvalue weighted by atomic mass is 9.41. The first kappa shape index (κ1) is 26.5. The summed E-state index contributed by atoms with van der Waals surface area (Å²) < 4.78 is 34.0. The molecule has 0 saturated heterocycles. The molecule has 2 heterocycles. The molecule has 6 aliphatic carbocycles. The predicted molar refractivity (Wildman–Crippen MR) is 148 cm³/mol. The van der Waals surface area contributed by atoms with Crippen LogP contribution in [0.2, 0.25) is 0 Å². The average Bonchev–Trinajstić information content (AvgIpc) is 3.44. The van der Waals surface area contributed by atoms with E-state index in [1.165, 1.54) is 19.9 Å². The van der Waals surface area contributed by atoms with Crippen molar-refractivity contribution in [2.24, 2.45) is 10.8 Å². The van der Waals surface area contributed by atoms with Crippen molar-refractivity contribution >= 4 is 11.6 Å². The summed E-state index contributed by atoms with van der Waals surface area (Å²) in [6.45, 7) is 3.41. The van der Waals surface area contributed by atoms with E-state index in [4.69, 9.17) is 4.52 Å². The Bertz CT molecular complexity index is 1530. The first-order valence-electron chi connectivity index (χ1n) is 14.6. The number of halogens is 2. The Morgan fingerprint density at radius 3 is 2.37 bits per heavy atom. The molecule has 8 nitrogen and oxygen atoms in total. The number of H-pyrrole nitrogens is 1.